The Bertz CT molecular complexity index is 1120. The van der Waals surface area contributed by atoms with Crippen molar-refractivity contribution in [2.24, 2.45) is 0 Å². The zero-order valence-corrected chi connectivity index (χ0v) is 18.7. The monoisotopic (exact) mass is 441 g/mol. The van der Waals surface area contributed by atoms with Crippen LogP contribution in [0.5, 0.6) is 5.75 Å². The fourth-order valence-electron chi connectivity index (χ4n) is 3.75. The number of aryl methyl sites for hydroxylation is 1. The molecule has 4 heterocycles. The highest BCUT2D eigenvalue weighted by molar-refractivity contribution is 5.91. The van der Waals surface area contributed by atoms with Gasteiger partial charge in [-0.05, 0) is 6.92 Å². The molecule has 1 aliphatic rings. The van der Waals surface area contributed by atoms with E-state index in [9.17, 15) is 4.79 Å². The van der Waals surface area contributed by atoms with Gasteiger partial charge in [0.1, 0.15) is 23.8 Å². The summed E-state index contributed by atoms with van der Waals surface area (Å²) in [4.78, 5) is 20.7. The molecule has 0 saturated carbocycles. The highest BCUT2D eigenvalue weighted by Gasteiger charge is 2.39. The molecule has 0 bridgehead atoms. The minimum Gasteiger partial charge on any atom is -0.491 e. The van der Waals surface area contributed by atoms with Crippen molar-refractivity contribution in [3.63, 3.8) is 0 Å². The molecule has 10 heteroatoms. The molecule has 1 unspecified atom stereocenters. The molecular formula is C22H27N5O5. The lowest BCUT2D eigenvalue weighted by Gasteiger charge is -2.26. The number of anilines is 1. The van der Waals surface area contributed by atoms with Crippen molar-refractivity contribution in [1.82, 2.24) is 19.7 Å². The van der Waals surface area contributed by atoms with Crippen LogP contribution < -0.4 is 10.1 Å². The van der Waals surface area contributed by atoms with Gasteiger partial charge in [-0.25, -0.2) is 14.6 Å². The lowest BCUT2D eigenvalue weighted by atomic mass is 9.97. The molecule has 3 aromatic heterocycles. The van der Waals surface area contributed by atoms with Crippen LogP contribution in [-0.4, -0.2) is 66.3 Å². The van der Waals surface area contributed by atoms with Crippen LogP contribution in [0.3, 0.4) is 0 Å². The summed E-state index contributed by atoms with van der Waals surface area (Å²) in [6, 6.07) is 5.48. The average Bonchev–Trinajstić information content (AvgIpc) is 3.39. The van der Waals surface area contributed by atoms with Crippen molar-refractivity contribution in [2.45, 2.75) is 25.9 Å². The maximum atomic E-state index is 11.5. The first-order chi connectivity index (χ1) is 15.5. The molecular weight excluding hydrogens is 414 g/mol. The summed E-state index contributed by atoms with van der Waals surface area (Å²) < 4.78 is 24.2. The Kier molecular flexibility index (Phi) is 6.35. The Morgan fingerprint density at radius 1 is 1.28 bits per heavy atom. The second-order valence-corrected chi connectivity index (χ2v) is 7.65. The number of pyridine rings is 2. The van der Waals surface area contributed by atoms with Gasteiger partial charge < -0.3 is 24.3 Å². The van der Waals surface area contributed by atoms with Gasteiger partial charge in [-0.15, -0.1) is 0 Å². The second-order valence-electron chi connectivity index (χ2n) is 7.65. The van der Waals surface area contributed by atoms with E-state index in [1.54, 1.807) is 31.2 Å². The zero-order valence-electron chi connectivity index (χ0n) is 18.7. The maximum absolute atomic E-state index is 11.5. The van der Waals surface area contributed by atoms with Gasteiger partial charge in [-0.3, -0.25) is 4.79 Å². The Balaban J connectivity index is 1.84. The summed E-state index contributed by atoms with van der Waals surface area (Å²) in [7, 11) is 3.29. The summed E-state index contributed by atoms with van der Waals surface area (Å²) in [5.41, 5.74) is 1.61. The van der Waals surface area contributed by atoms with Gasteiger partial charge in [-0.1, -0.05) is 0 Å². The highest BCUT2D eigenvalue weighted by Crippen LogP contribution is 2.35. The summed E-state index contributed by atoms with van der Waals surface area (Å²) in [5.74, 6) is 1.44. The fraction of sp³-hybridized carbons (Fsp3) is 0.455. The molecule has 3 aromatic rings. The van der Waals surface area contributed by atoms with Crippen LogP contribution in [0.15, 0.2) is 24.4 Å². The van der Waals surface area contributed by atoms with Crippen LogP contribution in [0.2, 0.25) is 0 Å². The normalized spacial score (nSPS) is 18.2. The number of nitrogens with zero attached hydrogens (tertiary/aromatic N) is 4. The number of methoxy groups -OCH3 is 2. The molecule has 1 fully saturated rings. The van der Waals surface area contributed by atoms with Gasteiger partial charge in [-0.2, -0.15) is 5.10 Å². The third-order valence-corrected chi connectivity index (χ3v) is 5.46. The van der Waals surface area contributed by atoms with E-state index in [0.29, 0.717) is 55.9 Å². The summed E-state index contributed by atoms with van der Waals surface area (Å²) in [6.45, 7) is 5.20. The molecule has 1 N–H and O–H groups in total. The van der Waals surface area contributed by atoms with Crippen LogP contribution in [0.4, 0.5) is 5.82 Å². The average molecular weight is 441 g/mol. The molecule has 10 nitrogen and oxygen atoms in total. The van der Waals surface area contributed by atoms with Crippen LogP contribution in [-0.2, 0) is 24.6 Å². The van der Waals surface area contributed by atoms with E-state index in [0.717, 1.165) is 16.6 Å². The van der Waals surface area contributed by atoms with Gasteiger partial charge in [0, 0.05) is 64.0 Å². The number of carbonyl (C=O) groups is 1. The van der Waals surface area contributed by atoms with Crippen LogP contribution >= 0.6 is 0 Å². The predicted molar refractivity (Wildman–Crippen MR) is 117 cm³/mol. The van der Waals surface area contributed by atoms with Gasteiger partial charge in [0.2, 0.25) is 5.91 Å². The highest BCUT2D eigenvalue weighted by atomic mass is 16.6. The number of nitrogens with one attached hydrogen (secondary N) is 1. The number of fused-ring (bicyclic) bond motifs is 1. The molecule has 4 rings (SSSR count). The Hall–Kier alpha value is -3.08. The number of hydrogen-bond donors (Lipinski definition) is 1. The molecule has 0 aliphatic carbocycles. The molecule has 1 aliphatic heterocycles. The molecule has 170 valence electrons. The molecule has 1 atom stereocenters. The predicted octanol–water partition coefficient (Wildman–Crippen LogP) is 2.37. The minimum atomic E-state index is -0.656. The lowest BCUT2D eigenvalue weighted by molar-refractivity contribution is -0.114. The first kappa shape index (κ1) is 22.1. The minimum absolute atomic E-state index is 0.197. The third kappa shape index (κ3) is 4.29. The van der Waals surface area contributed by atoms with Crippen molar-refractivity contribution < 1.29 is 23.7 Å². The largest absolute Gasteiger partial charge is 0.491 e. The Morgan fingerprint density at radius 3 is 2.81 bits per heavy atom. The number of amides is 1. The van der Waals surface area contributed by atoms with Crippen LogP contribution in [0.25, 0.3) is 16.7 Å². The van der Waals surface area contributed by atoms with Crippen molar-refractivity contribution >= 4 is 22.6 Å². The first-order valence-electron chi connectivity index (χ1n) is 10.4. The smallest absolute Gasteiger partial charge is 0.222 e. The molecule has 0 spiro atoms. The SMILES string of the molecule is COCCOc1cc(-n2nc(C)c3cnc(NC(C)=O)cc32)nc(C2(OC)CCOC2)c1. The standard InChI is InChI=1S/C22H27N5O5/c1-14-17-12-23-20(24-15(2)28)11-18(17)27(26-14)21-10-16(32-8-7-29-3)9-19(25-21)22(30-4)5-6-31-13-22/h9-12H,5-8,13H2,1-4H3,(H,23,24,28). The lowest BCUT2D eigenvalue weighted by Crippen LogP contribution is -2.30. The van der Waals surface area contributed by atoms with Crippen molar-refractivity contribution in [2.75, 3.05) is 46.0 Å². The Morgan fingerprint density at radius 2 is 2.12 bits per heavy atom. The topological polar surface area (TPSA) is 110 Å². The zero-order chi connectivity index (χ0) is 22.7. The van der Waals surface area contributed by atoms with Gasteiger partial charge in [0.05, 0.1) is 30.1 Å². The van der Waals surface area contributed by atoms with E-state index in [4.69, 9.17) is 23.9 Å². The van der Waals surface area contributed by atoms with Gasteiger partial charge >= 0.3 is 0 Å². The van der Waals surface area contributed by atoms with Crippen molar-refractivity contribution in [3.05, 3.63) is 35.8 Å². The van der Waals surface area contributed by atoms with Gasteiger partial charge in [0.25, 0.3) is 0 Å². The van der Waals surface area contributed by atoms with E-state index < -0.39 is 5.60 Å². The van der Waals surface area contributed by atoms with Crippen LogP contribution in [0.1, 0.15) is 24.7 Å². The number of ether oxygens (including phenoxy) is 4. The first-order valence-corrected chi connectivity index (χ1v) is 10.4. The second kappa shape index (κ2) is 9.19. The molecule has 1 amide bonds. The molecule has 1 saturated heterocycles. The molecule has 0 radical (unpaired) electrons. The van der Waals surface area contributed by atoms with Gasteiger partial charge in [0.15, 0.2) is 5.82 Å². The van der Waals surface area contributed by atoms with Crippen molar-refractivity contribution in [1.29, 1.82) is 0 Å². The molecule has 0 aromatic carbocycles. The van der Waals surface area contributed by atoms with E-state index in [1.807, 2.05) is 19.1 Å². The summed E-state index contributed by atoms with van der Waals surface area (Å²) in [5, 5.41) is 8.26. The maximum Gasteiger partial charge on any atom is 0.222 e. The number of hydrogen-bond acceptors (Lipinski definition) is 8. The third-order valence-electron chi connectivity index (χ3n) is 5.46. The van der Waals surface area contributed by atoms with E-state index >= 15 is 0 Å². The quantitative estimate of drug-likeness (QED) is 0.531. The fourth-order valence-corrected chi connectivity index (χ4v) is 3.75. The van der Waals surface area contributed by atoms with Crippen LogP contribution in [0, 0.1) is 6.92 Å². The van der Waals surface area contributed by atoms with E-state index in [-0.39, 0.29) is 5.91 Å². The Labute approximate surface area is 185 Å². The van der Waals surface area contributed by atoms with Crippen molar-refractivity contribution in [3.8, 4) is 11.6 Å². The van der Waals surface area contributed by atoms with E-state index in [1.165, 1.54) is 6.92 Å². The number of carbonyl (C=O) groups excluding carboxylic acids is 1. The summed E-state index contributed by atoms with van der Waals surface area (Å²) >= 11 is 0. The molecule has 32 heavy (non-hydrogen) atoms. The summed E-state index contributed by atoms with van der Waals surface area (Å²) in [6.07, 6.45) is 2.38. The van der Waals surface area contributed by atoms with E-state index in [2.05, 4.69) is 15.4 Å². The number of aromatic nitrogens is 4. The number of rotatable bonds is 8.